The van der Waals surface area contributed by atoms with Crippen LogP contribution in [0.15, 0.2) is 77.7 Å². The number of amides is 1. The Morgan fingerprint density at radius 3 is 2.41 bits per heavy atom. The fourth-order valence-electron chi connectivity index (χ4n) is 2.70. The van der Waals surface area contributed by atoms with Gasteiger partial charge in [-0.1, -0.05) is 53.3 Å². The molecule has 32 heavy (non-hydrogen) atoms. The van der Waals surface area contributed by atoms with E-state index in [2.05, 4.69) is 20.2 Å². The number of sulfonamides is 1. The predicted molar refractivity (Wildman–Crippen MR) is 122 cm³/mol. The maximum absolute atomic E-state index is 13.1. The first-order chi connectivity index (χ1) is 15.3. The first kappa shape index (κ1) is 21.9. The van der Waals surface area contributed by atoms with E-state index in [0.29, 0.717) is 5.01 Å². The van der Waals surface area contributed by atoms with Crippen molar-refractivity contribution in [3.8, 4) is 10.6 Å². The highest BCUT2D eigenvalue weighted by Crippen LogP contribution is 2.28. The van der Waals surface area contributed by atoms with Gasteiger partial charge in [-0.3, -0.25) is 14.8 Å². The molecule has 162 valence electrons. The molecule has 1 aromatic heterocycles. The maximum Gasteiger partial charge on any atom is 0.261 e. The van der Waals surface area contributed by atoms with Crippen LogP contribution in [0, 0.1) is 5.82 Å². The predicted octanol–water partition coefficient (Wildman–Crippen LogP) is 5.05. The van der Waals surface area contributed by atoms with Gasteiger partial charge in [0.25, 0.3) is 15.9 Å². The van der Waals surface area contributed by atoms with Crippen LogP contribution in [0.5, 0.6) is 0 Å². The maximum atomic E-state index is 13.1. The Kier molecular flexibility index (Phi) is 6.17. The molecule has 0 aliphatic heterocycles. The van der Waals surface area contributed by atoms with E-state index in [1.165, 1.54) is 29.5 Å². The van der Waals surface area contributed by atoms with Gasteiger partial charge in [0.05, 0.1) is 15.6 Å². The molecule has 0 fully saturated rings. The summed E-state index contributed by atoms with van der Waals surface area (Å²) >= 11 is 7.31. The molecule has 0 bridgehead atoms. The van der Waals surface area contributed by atoms with Crippen molar-refractivity contribution in [2.45, 2.75) is 4.90 Å². The Labute approximate surface area is 192 Å². The third kappa shape index (κ3) is 4.93. The Morgan fingerprint density at radius 1 is 0.969 bits per heavy atom. The van der Waals surface area contributed by atoms with E-state index in [1.54, 1.807) is 0 Å². The summed E-state index contributed by atoms with van der Waals surface area (Å²) in [5, 5.41) is 11.7. The quantitative estimate of drug-likeness (QED) is 0.395. The molecule has 0 radical (unpaired) electrons. The average Bonchev–Trinajstić information content (AvgIpc) is 3.24. The van der Waals surface area contributed by atoms with Gasteiger partial charge >= 0.3 is 0 Å². The minimum absolute atomic E-state index is 0.00544. The third-order valence-electron chi connectivity index (χ3n) is 4.26. The molecule has 0 saturated carbocycles. The Bertz CT molecular complexity index is 1380. The standard InChI is InChI=1S/C21H14ClFN4O3S2/c22-17-11-6-14(12-18(17)27-32(29,30)16-9-7-15(23)8-10-16)19(28)24-21-26-25-20(31-21)13-4-2-1-3-5-13/h1-12,27H,(H,24,26,28). The number of carbonyl (C=O) groups excluding carboxylic acids is 1. The molecular weight excluding hydrogens is 475 g/mol. The van der Waals surface area contributed by atoms with Crippen LogP contribution in [0.25, 0.3) is 10.6 Å². The van der Waals surface area contributed by atoms with E-state index in [9.17, 15) is 17.6 Å². The Hall–Kier alpha value is -3.34. The molecule has 0 unspecified atom stereocenters. The lowest BCUT2D eigenvalue weighted by Crippen LogP contribution is -2.15. The minimum atomic E-state index is -4.03. The fraction of sp³-hybridized carbons (Fsp3) is 0. The van der Waals surface area contributed by atoms with E-state index in [1.807, 2.05) is 30.3 Å². The highest BCUT2D eigenvalue weighted by Gasteiger charge is 2.18. The smallest absolute Gasteiger partial charge is 0.261 e. The zero-order valence-electron chi connectivity index (χ0n) is 16.1. The summed E-state index contributed by atoms with van der Waals surface area (Å²) in [5.41, 5.74) is 1.03. The molecule has 0 spiro atoms. The van der Waals surface area contributed by atoms with Crippen molar-refractivity contribution in [3.63, 3.8) is 0 Å². The lowest BCUT2D eigenvalue weighted by atomic mass is 10.2. The van der Waals surface area contributed by atoms with Crippen LogP contribution in [0.1, 0.15) is 10.4 Å². The van der Waals surface area contributed by atoms with Crippen LogP contribution < -0.4 is 10.0 Å². The van der Waals surface area contributed by atoms with E-state index in [4.69, 9.17) is 11.6 Å². The van der Waals surface area contributed by atoms with Crippen LogP contribution in [-0.4, -0.2) is 24.5 Å². The Morgan fingerprint density at radius 2 is 1.69 bits per heavy atom. The van der Waals surface area contributed by atoms with Gasteiger partial charge in [0, 0.05) is 11.1 Å². The third-order valence-corrected chi connectivity index (χ3v) is 6.86. The van der Waals surface area contributed by atoms with Crippen molar-refractivity contribution in [3.05, 3.63) is 89.2 Å². The second kappa shape index (κ2) is 9.03. The van der Waals surface area contributed by atoms with Crippen LogP contribution in [0.2, 0.25) is 5.02 Å². The van der Waals surface area contributed by atoms with E-state index < -0.39 is 21.7 Å². The molecule has 4 rings (SSSR count). The molecule has 0 saturated heterocycles. The van der Waals surface area contributed by atoms with Gasteiger partial charge in [-0.05, 0) is 42.5 Å². The molecule has 2 N–H and O–H groups in total. The van der Waals surface area contributed by atoms with Gasteiger partial charge in [-0.2, -0.15) is 0 Å². The van der Waals surface area contributed by atoms with Crippen molar-refractivity contribution in [1.82, 2.24) is 10.2 Å². The summed E-state index contributed by atoms with van der Waals surface area (Å²) in [7, 11) is -4.03. The molecule has 1 heterocycles. The van der Waals surface area contributed by atoms with Crippen molar-refractivity contribution in [2.75, 3.05) is 10.0 Å². The summed E-state index contributed by atoms with van der Waals surface area (Å²) in [6, 6.07) is 17.9. The monoisotopic (exact) mass is 488 g/mol. The van der Waals surface area contributed by atoms with E-state index in [-0.39, 0.29) is 26.3 Å². The van der Waals surface area contributed by atoms with Gasteiger partial charge in [0.15, 0.2) is 0 Å². The van der Waals surface area contributed by atoms with Gasteiger partial charge in [-0.25, -0.2) is 12.8 Å². The number of nitrogens with one attached hydrogen (secondary N) is 2. The molecule has 0 aliphatic carbocycles. The van der Waals surface area contributed by atoms with Gasteiger partial charge in [-0.15, -0.1) is 10.2 Å². The van der Waals surface area contributed by atoms with Crippen molar-refractivity contribution in [1.29, 1.82) is 0 Å². The Balaban J connectivity index is 1.53. The molecule has 1 amide bonds. The number of benzene rings is 3. The molecule has 3 aromatic carbocycles. The minimum Gasteiger partial charge on any atom is -0.296 e. The normalized spacial score (nSPS) is 11.2. The summed E-state index contributed by atoms with van der Waals surface area (Å²) in [6.45, 7) is 0. The first-order valence-corrected chi connectivity index (χ1v) is 11.8. The number of halogens is 2. The number of hydrogen-bond donors (Lipinski definition) is 2. The number of carbonyl (C=O) groups is 1. The van der Waals surface area contributed by atoms with Gasteiger partial charge in [0.2, 0.25) is 5.13 Å². The van der Waals surface area contributed by atoms with Crippen LogP contribution >= 0.6 is 22.9 Å². The van der Waals surface area contributed by atoms with Crippen LogP contribution in [0.4, 0.5) is 15.2 Å². The molecule has 0 aliphatic rings. The van der Waals surface area contributed by atoms with Gasteiger partial charge in [0.1, 0.15) is 10.8 Å². The molecule has 11 heteroatoms. The number of hydrogen-bond acceptors (Lipinski definition) is 6. The highest BCUT2D eigenvalue weighted by molar-refractivity contribution is 7.92. The van der Waals surface area contributed by atoms with Crippen LogP contribution in [-0.2, 0) is 10.0 Å². The highest BCUT2D eigenvalue weighted by atomic mass is 35.5. The molecule has 4 aromatic rings. The number of nitrogens with zero attached hydrogens (tertiary/aromatic N) is 2. The lowest BCUT2D eigenvalue weighted by molar-refractivity contribution is 0.102. The topological polar surface area (TPSA) is 101 Å². The van der Waals surface area contributed by atoms with Crippen molar-refractivity contribution in [2.24, 2.45) is 0 Å². The zero-order chi connectivity index (χ0) is 22.7. The summed E-state index contributed by atoms with van der Waals surface area (Å²) in [6.07, 6.45) is 0. The molecular formula is C21H14ClFN4O3S2. The summed E-state index contributed by atoms with van der Waals surface area (Å²) < 4.78 is 40.5. The van der Waals surface area contributed by atoms with Crippen molar-refractivity contribution < 1.29 is 17.6 Å². The SMILES string of the molecule is O=C(Nc1nnc(-c2ccccc2)s1)c1ccc(Cl)c(NS(=O)(=O)c2ccc(F)cc2)c1. The second-order valence-electron chi connectivity index (χ2n) is 6.49. The van der Waals surface area contributed by atoms with Crippen molar-refractivity contribution >= 4 is 49.7 Å². The first-order valence-electron chi connectivity index (χ1n) is 9.10. The number of anilines is 2. The van der Waals surface area contributed by atoms with Gasteiger partial charge < -0.3 is 0 Å². The van der Waals surface area contributed by atoms with E-state index >= 15 is 0 Å². The largest absolute Gasteiger partial charge is 0.296 e. The van der Waals surface area contributed by atoms with Crippen LogP contribution in [0.3, 0.4) is 0 Å². The van der Waals surface area contributed by atoms with E-state index in [0.717, 1.165) is 29.8 Å². The zero-order valence-corrected chi connectivity index (χ0v) is 18.5. The number of aromatic nitrogens is 2. The summed E-state index contributed by atoms with van der Waals surface area (Å²) in [4.78, 5) is 12.5. The average molecular weight is 489 g/mol. The fourth-order valence-corrected chi connectivity index (χ4v) is 4.74. The summed E-state index contributed by atoms with van der Waals surface area (Å²) in [5.74, 6) is -1.08. The number of rotatable bonds is 6. The second-order valence-corrected chi connectivity index (χ2v) is 9.55. The molecule has 0 atom stereocenters. The molecule has 7 nitrogen and oxygen atoms in total. The lowest BCUT2D eigenvalue weighted by Gasteiger charge is -2.11.